The van der Waals surface area contributed by atoms with Crippen LogP contribution in [-0.2, 0) is 6.42 Å². The first kappa shape index (κ1) is 13.5. The minimum Gasteiger partial charge on any atom is -0.314 e. The van der Waals surface area contributed by atoms with Crippen LogP contribution < -0.4 is 5.32 Å². The Morgan fingerprint density at radius 1 is 1.22 bits per heavy atom. The highest BCUT2D eigenvalue weighted by Crippen LogP contribution is 2.25. The molecule has 1 N–H and O–H groups in total. The number of benzene rings is 1. The monoisotopic (exact) mass is 250 g/mol. The van der Waals surface area contributed by atoms with E-state index in [-0.39, 0.29) is 12.7 Å². The number of nitrogens with zero attached hydrogens (tertiary/aromatic N) is 1. The average molecular weight is 250 g/mol. The molecule has 0 unspecified atom stereocenters. The van der Waals surface area contributed by atoms with Crippen LogP contribution in [0.2, 0.25) is 0 Å². The fourth-order valence-corrected chi connectivity index (χ4v) is 2.63. The fraction of sp³-hybridized carbons (Fsp3) is 0.600. The number of aryl methyl sites for hydroxylation is 1. The van der Waals surface area contributed by atoms with Crippen molar-refractivity contribution in [3.05, 3.63) is 35.4 Å². The highest BCUT2D eigenvalue weighted by molar-refractivity contribution is 5.25. The van der Waals surface area contributed by atoms with E-state index in [2.05, 4.69) is 41.4 Å². The van der Waals surface area contributed by atoms with Crippen molar-refractivity contribution < 1.29 is 4.39 Å². The van der Waals surface area contributed by atoms with Crippen LogP contribution in [0, 0.1) is 0 Å². The lowest BCUT2D eigenvalue weighted by Gasteiger charge is -2.35. The summed E-state index contributed by atoms with van der Waals surface area (Å²) < 4.78 is 12.8. The summed E-state index contributed by atoms with van der Waals surface area (Å²) in [4.78, 5) is 2.40. The Morgan fingerprint density at radius 3 is 2.44 bits per heavy atom. The second kappa shape index (κ2) is 6.86. The van der Waals surface area contributed by atoms with Gasteiger partial charge in [-0.05, 0) is 24.0 Å². The van der Waals surface area contributed by atoms with Crippen molar-refractivity contribution in [2.45, 2.75) is 25.8 Å². The zero-order chi connectivity index (χ0) is 12.8. The Morgan fingerprint density at radius 2 is 1.89 bits per heavy atom. The molecule has 2 rings (SSSR count). The van der Waals surface area contributed by atoms with Crippen LogP contribution in [0.3, 0.4) is 0 Å². The summed E-state index contributed by atoms with van der Waals surface area (Å²) >= 11 is 0. The maximum atomic E-state index is 12.8. The number of nitrogens with one attached hydrogen (secondary N) is 1. The van der Waals surface area contributed by atoms with Gasteiger partial charge < -0.3 is 5.32 Å². The van der Waals surface area contributed by atoms with E-state index in [9.17, 15) is 4.39 Å². The molecule has 1 aromatic rings. The molecule has 18 heavy (non-hydrogen) atoms. The van der Waals surface area contributed by atoms with Crippen molar-refractivity contribution in [2.24, 2.45) is 0 Å². The number of hydrogen-bond acceptors (Lipinski definition) is 2. The third kappa shape index (κ3) is 3.30. The van der Waals surface area contributed by atoms with Crippen LogP contribution >= 0.6 is 0 Å². The van der Waals surface area contributed by atoms with Gasteiger partial charge in [-0.2, -0.15) is 0 Å². The minimum atomic E-state index is -0.246. The molecule has 0 spiro atoms. The maximum absolute atomic E-state index is 12.8. The van der Waals surface area contributed by atoms with Crippen LogP contribution in [0.25, 0.3) is 0 Å². The van der Waals surface area contributed by atoms with Gasteiger partial charge in [-0.3, -0.25) is 9.29 Å². The highest BCUT2D eigenvalue weighted by Gasteiger charge is 2.21. The molecule has 0 bridgehead atoms. The van der Waals surface area contributed by atoms with Crippen LogP contribution in [0.15, 0.2) is 24.3 Å². The van der Waals surface area contributed by atoms with Gasteiger partial charge in [0.25, 0.3) is 0 Å². The molecule has 100 valence electrons. The highest BCUT2D eigenvalue weighted by atomic mass is 19.1. The largest absolute Gasteiger partial charge is 0.314 e. The Bertz CT molecular complexity index is 344. The zero-order valence-corrected chi connectivity index (χ0v) is 11.2. The normalized spacial score (nSPS) is 18.8. The van der Waals surface area contributed by atoms with Crippen molar-refractivity contribution in [3.8, 4) is 0 Å². The Hall–Kier alpha value is -0.930. The summed E-state index contributed by atoms with van der Waals surface area (Å²) in [6.07, 6.45) is 1.66. The molecule has 0 radical (unpaired) electrons. The van der Waals surface area contributed by atoms with E-state index in [0.29, 0.717) is 6.42 Å². The van der Waals surface area contributed by atoms with Gasteiger partial charge in [0, 0.05) is 32.2 Å². The standard InChI is InChI=1S/C15H23FN2/c1-2-13-3-5-14(6-4-13)15(7-8-16)18-11-9-17-10-12-18/h3-6,15,17H,2,7-12H2,1H3/t15-/m0/s1. The van der Waals surface area contributed by atoms with Crippen molar-refractivity contribution >= 4 is 0 Å². The molecular weight excluding hydrogens is 227 g/mol. The first-order valence-electron chi connectivity index (χ1n) is 6.94. The lowest BCUT2D eigenvalue weighted by Crippen LogP contribution is -2.45. The summed E-state index contributed by atoms with van der Waals surface area (Å²) in [6.45, 7) is 5.96. The Balaban J connectivity index is 2.11. The summed E-state index contributed by atoms with van der Waals surface area (Å²) in [5.41, 5.74) is 2.60. The van der Waals surface area contributed by atoms with Gasteiger partial charge in [0.15, 0.2) is 0 Å². The topological polar surface area (TPSA) is 15.3 Å². The van der Waals surface area contributed by atoms with Crippen LogP contribution in [0.1, 0.15) is 30.5 Å². The van der Waals surface area contributed by atoms with Gasteiger partial charge >= 0.3 is 0 Å². The van der Waals surface area contributed by atoms with Crippen LogP contribution in [-0.4, -0.2) is 37.8 Å². The van der Waals surface area contributed by atoms with Gasteiger partial charge in [0.2, 0.25) is 0 Å². The molecule has 0 saturated carbocycles. The number of hydrogen-bond donors (Lipinski definition) is 1. The molecular formula is C15H23FN2. The second-order valence-corrected chi connectivity index (χ2v) is 4.87. The summed E-state index contributed by atoms with van der Waals surface area (Å²) in [5, 5.41) is 3.35. The molecule has 0 amide bonds. The summed E-state index contributed by atoms with van der Waals surface area (Å²) in [5.74, 6) is 0. The smallest absolute Gasteiger partial charge is 0.0912 e. The molecule has 1 saturated heterocycles. The minimum absolute atomic E-state index is 0.239. The third-order valence-corrected chi connectivity index (χ3v) is 3.75. The van der Waals surface area contributed by atoms with E-state index >= 15 is 0 Å². The predicted molar refractivity (Wildman–Crippen MR) is 73.6 cm³/mol. The number of piperazine rings is 1. The number of alkyl halides is 1. The molecule has 1 atom stereocenters. The van der Waals surface area contributed by atoms with Gasteiger partial charge in [0.1, 0.15) is 0 Å². The number of rotatable bonds is 5. The molecule has 1 aliphatic rings. The van der Waals surface area contributed by atoms with Crippen molar-refractivity contribution in [1.29, 1.82) is 0 Å². The van der Waals surface area contributed by atoms with Crippen LogP contribution in [0.4, 0.5) is 4.39 Å². The predicted octanol–water partition coefficient (Wildman–Crippen LogP) is 2.55. The van der Waals surface area contributed by atoms with Gasteiger partial charge in [-0.25, -0.2) is 0 Å². The van der Waals surface area contributed by atoms with Gasteiger partial charge in [-0.15, -0.1) is 0 Å². The molecule has 1 heterocycles. The lowest BCUT2D eigenvalue weighted by molar-refractivity contribution is 0.157. The molecule has 3 heteroatoms. The SMILES string of the molecule is CCc1ccc([C@H](CCF)N2CCNCC2)cc1. The molecule has 2 nitrogen and oxygen atoms in total. The summed E-state index contributed by atoms with van der Waals surface area (Å²) in [7, 11) is 0. The van der Waals surface area contributed by atoms with E-state index in [1.807, 2.05) is 0 Å². The average Bonchev–Trinajstić information content (AvgIpc) is 2.46. The van der Waals surface area contributed by atoms with Crippen LogP contribution in [0.5, 0.6) is 0 Å². The fourth-order valence-electron chi connectivity index (χ4n) is 2.63. The first-order valence-corrected chi connectivity index (χ1v) is 6.94. The quantitative estimate of drug-likeness (QED) is 0.864. The van der Waals surface area contributed by atoms with E-state index in [1.165, 1.54) is 11.1 Å². The van der Waals surface area contributed by atoms with Crippen molar-refractivity contribution in [1.82, 2.24) is 10.2 Å². The summed E-state index contributed by atoms with van der Waals surface area (Å²) in [6, 6.07) is 8.91. The van der Waals surface area contributed by atoms with E-state index in [4.69, 9.17) is 0 Å². The van der Waals surface area contributed by atoms with E-state index in [0.717, 1.165) is 32.6 Å². The third-order valence-electron chi connectivity index (χ3n) is 3.75. The maximum Gasteiger partial charge on any atom is 0.0912 e. The Kier molecular flexibility index (Phi) is 5.14. The molecule has 1 aromatic carbocycles. The second-order valence-electron chi connectivity index (χ2n) is 4.87. The Labute approximate surface area is 109 Å². The zero-order valence-electron chi connectivity index (χ0n) is 11.2. The lowest BCUT2D eigenvalue weighted by atomic mass is 9.99. The van der Waals surface area contributed by atoms with E-state index in [1.54, 1.807) is 0 Å². The van der Waals surface area contributed by atoms with Gasteiger partial charge in [0.05, 0.1) is 6.67 Å². The first-order chi connectivity index (χ1) is 8.85. The molecule has 1 aliphatic heterocycles. The van der Waals surface area contributed by atoms with Crippen molar-refractivity contribution in [3.63, 3.8) is 0 Å². The molecule has 1 fully saturated rings. The molecule has 0 aromatic heterocycles. The van der Waals surface area contributed by atoms with E-state index < -0.39 is 0 Å². The number of halogens is 1. The van der Waals surface area contributed by atoms with Crippen molar-refractivity contribution in [2.75, 3.05) is 32.9 Å². The van der Waals surface area contributed by atoms with Gasteiger partial charge in [-0.1, -0.05) is 31.2 Å². The molecule has 0 aliphatic carbocycles.